The molecule has 1 aliphatic heterocycles. The summed E-state index contributed by atoms with van der Waals surface area (Å²) in [4.78, 5) is 25.9. The molecule has 0 spiro atoms. The van der Waals surface area contributed by atoms with E-state index in [0.717, 1.165) is 16.6 Å². The molecule has 1 saturated heterocycles. The van der Waals surface area contributed by atoms with Crippen LogP contribution in [-0.4, -0.2) is 24.9 Å². The quantitative estimate of drug-likeness (QED) is 0.885. The highest BCUT2D eigenvalue weighted by Gasteiger charge is 2.34. The van der Waals surface area contributed by atoms with Crippen LogP contribution in [-0.2, 0) is 9.59 Å². The molecular formula is C16H21BrN2O2. The molecule has 1 fully saturated rings. The van der Waals surface area contributed by atoms with Gasteiger partial charge in [0, 0.05) is 29.7 Å². The van der Waals surface area contributed by atoms with Gasteiger partial charge in [-0.15, -0.1) is 0 Å². The van der Waals surface area contributed by atoms with E-state index in [4.69, 9.17) is 0 Å². The van der Waals surface area contributed by atoms with Crippen LogP contribution < -0.4 is 10.2 Å². The molecule has 0 bridgehead atoms. The minimum Gasteiger partial charge on any atom is -0.356 e. The molecule has 0 aliphatic carbocycles. The van der Waals surface area contributed by atoms with Gasteiger partial charge in [0.05, 0.1) is 5.92 Å². The molecule has 1 N–H and O–H groups in total. The SMILES string of the molecule is CC(C)CCNC(=O)[C@H]1CC(=O)N(c2ccc(Br)cc2)C1. The maximum absolute atomic E-state index is 12.1. The van der Waals surface area contributed by atoms with Crippen LogP contribution in [0.25, 0.3) is 0 Å². The third kappa shape index (κ3) is 4.30. The summed E-state index contributed by atoms with van der Waals surface area (Å²) in [5, 5.41) is 2.93. The Kier molecular flexibility index (Phi) is 5.39. The number of hydrogen-bond donors (Lipinski definition) is 1. The van der Waals surface area contributed by atoms with Gasteiger partial charge in [0.1, 0.15) is 0 Å². The molecule has 114 valence electrons. The third-order valence-electron chi connectivity index (χ3n) is 3.66. The number of amides is 2. The molecule has 1 heterocycles. The second-order valence-electron chi connectivity index (χ2n) is 5.86. The molecule has 1 aliphatic rings. The topological polar surface area (TPSA) is 49.4 Å². The molecule has 0 aromatic heterocycles. The van der Waals surface area contributed by atoms with E-state index in [-0.39, 0.29) is 17.7 Å². The average molecular weight is 353 g/mol. The van der Waals surface area contributed by atoms with E-state index in [9.17, 15) is 9.59 Å². The van der Waals surface area contributed by atoms with Gasteiger partial charge in [-0.2, -0.15) is 0 Å². The Labute approximate surface area is 134 Å². The van der Waals surface area contributed by atoms with Gasteiger partial charge in [0.2, 0.25) is 11.8 Å². The maximum Gasteiger partial charge on any atom is 0.227 e. The van der Waals surface area contributed by atoms with Gasteiger partial charge in [-0.25, -0.2) is 0 Å². The van der Waals surface area contributed by atoms with E-state index >= 15 is 0 Å². The number of rotatable bonds is 5. The Balaban J connectivity index is 1.93. The number of nitrogens with zero attached hydrogens (tertiary/aromatic N) is 1. The van der Waals surface area contributed by atoms with Gasteiger partial charge in [-0.3, -0.25) is 9.59 Å². The van der Waals surface area contributed by atoms with E-state index in [1.54, 1.807) is 4.90 Å². The molecule has 21 heavy (non-hydrogen) atoms. The van der Waals surface area contributed by atoms with Gasteiger partial charge < -0.3 is 10.2 Å². The zero-order chi connectivity index (χ0) is 15.4. The first-order chi connectivity index (χ1) is 9.97. The molecule has 1 aromatic rings. The predicted octanol–water partition coefficient (Wildman–Crippen LogP) is 2.96. The first-order valence-electron chi connectivity index (χ1n) is 7.31. The van der Waals surface area contributed by atoms with Gasteiger partial charge >= 0.3 is 0 Å². The van der Waals surface area contributed by atoms with Crippen LogP contribution in [0.15, 0.2) is 28.7 Å². The molecule has 5 heteroatoms. The molecule has 2 rings (SSSR count). The predicted molar refractivity (Wildman–Crippen MR) is 87.1 cm³/mol. The van der Waals surface area contributed by atoms with Crippen LogP contribution in [0.2, 0.25) is 0 Å². The number of halogens is 1. The maximum atomic E-state index is 12.1. The van der Waals surface area contributed by atoms with Gasteiger partial charge in [0.25, 0.3) is 0 Å². The summed E-state index contributed by atoms with van der Waals surface area (Å²) in [7, 11) is 0. The minimum absolute atomic E-state index is 0.0105. The van der Waals surface area contributed by atoms with Gasteiger partial charge in [-0.1, -0.05) is 29.8 Å². The van der Waals surface area contributed by atoms with Crippen molar-refractivity contribution in [3.8, 4) is 0 Å². The van der Waals surface area contributed by atoms with Crippen molar-refractivity contribution in [1.29, 1.82) is 0 Å². The molecule has 0 saturated carbocycles. The zero-order valence-electron chi connectivity index (χ0n) is 12.4. The van der Waals surface area contributed by atoms with Crippen LogP contribution in [0.3, 0.4) is 0 Å². The van der Waals surface area contributed by atoms with Gasteiger partial charge in [-0.05, 0) is 36.6 Å². The Bertz CT molecular complexity index is 514. The summed E-state index contributed by atoms with van der Waals surface area (Å²) in [6, 6.07) is 7.58. The van der Waals surface area contributed by atoms with E-state index in [1.807, 2.05) is 24.3 Å². The highest BCUT2D eigenvalue weighted by atomic mass is 79.9. The standard InChI is InChI=1S/C16H21BrN2O2/c1-11(2)7-8-18-16(21)12-9-15(20)19(10-12)14-5-3-13(17)4-6-14/h3-6,11-12H,7-10H2,1-2H3,(H,18,21)/t12-/m0/s1. The lowest BCUT2D eigenvalue weighted by atomic mass is 10.1. The highest BCUT2D eigenvalue weighted by Crippen LogP contribution is 2.26. The third-order valence-corrected chi connectivity index (χ3v) is 4.18. The lowest BCUT2D eigenvalue weighted by Crippen LogP contribution is -2.33. The summed E-state index contributed by atoms with van der Waals surface area (Å²) < 4.78 is 0.973. The number of carbonyl (C=O) groups is 2. The molecular weight excluding hydrogens is 332 g/mol. The number of hydrogen-bond acceptors (Lipinski definition) is 2. The summed E-state index contributed by atoms with van der Waals surface area (Å²) in [5.74, 6) is 0.327. The van der Waals surface area contributed by atoms with Crippen LogP contribution >= 0.6 is 15.9 Å². The van der Waals surface area contributed by atoms with Crippen molar-refractivity contribution in [2.45, 2.75) is 26.7 Å². The number of nitrogens with one attached hydrogen (secondary N) is 1. The monoisotopic (exact) mass is 352 g/mol. The van der Waals surface area contributed by atoms with Crippen molar-refractivity contribution >= 4 is 33.4 Å². The molecule has 4 nitrogen and oxygen atoms in total. The van der Waals surface area contributed by atoms with Crippen LogP contribution in [0.4, 0.5) is 5.69 Å². The normalized spacial score (nSPS) is 18.4. The fourth-order valence-corrected chi connectivity index (χ4v) is 2.65. The second-order valence-corrected chi connectivity index (χ2v) is 6.77. The molecule has 0 radical (unpaired) electrons. The highest BCUT2D eigenvalue weighted by molar-refractivity contribution is 9.10. The summed E-state index contributed by atoms with van der Waals surface area (Å²) in [6.07, 6.45) is 1.26. The van der Waals surface area contributed by atoms with Crippen molar-refractivity contribution in [2.75, 3.05) is 18.0 Å². The minimum atomic E-state index is -0.242. The van der Waals surface area contributed by atoms with Crippen LogP contribution in [0.1, 0.15) is 26.7 Å². The van der Waals surface area contributed by atoms with E-state index in [2.05, 4.69) is 35.1 Å². The molecule has 2 amide bonds. The summed E-state index contributed by atoms with van der Waals surface area (Å²) in [6.45, 7) is 5.40. The fraction of sp³-hybridized carbons (Fsp3) is 0.500. The molecule has 1 aromatic carbocycles. The van der Waals surface area contributed by atoms with Crippen molar-refractivity contribution < 1.29 is 9.59 Å². The van der Waals surface area contributed by atoms with E-state index in [1.165, 1.54) is 0 Å². The lowest BCUT2D eigenvalue weighted by Gasteiger charge is -2.17. The van der Waals surface area contributed by atoms with Gasteiger partial charge in [0.15, 0.2) is 0 Å². The Morgan fingerprint density at radius 2 is 2.05 bits per heavy atom. The van der Waals surface area contributed by atoms with Crippen molar-refractivity contribution in [2.24, 2.45) is 11.8 Å². The van der Waals surface area contributed by atoms with Crippen LogP contribution in [0.5, 0.6) is 0 Å². The number of carbonyl (C=O) groups excluding carboxylic acids is 2. The Morgan fingerprint density at radius 3 is 2.67 bits per heavy atom. The summed E-state index contributed by atoms with van der Waals surface area (Å²) in [5.41, 5.74) is 0.848. The van der Waals surface area contributed by atoms with Crippen molar-refractivity contribution in [3.63, 3.8) is 0 Å². The second kappa shape index (κ2) is 7.07. The number of benzene rings is 1. The number of anilines is 1. The average Bonchev–Trinajstić information content (AvgIpc) is 2.81. The fourth-order valence-electron chi connectivity index (χ4n) is 2.38. The van der Waals surface area contributed by atoms with E-state index < -0.39 is 0 Å². The molecule has 1 atom stereocenters. The first-order valence-corrected chi connectivity index (χ1v) is 8.10. The Morgan fingerprint density at radius 1 is 1.38 bits per heavy atom. The smallest absolute Gasteiger partial charge is 0.227 e. The zero-order valence-corrected chi connectivity index (χ0v) is 14.0. The van der Waals surface area contributed by atoms with Crippen molar-refractivity contribution in [1.82, 2.24) is 5.32 Å². The largest absolute Gasteiger partial charge is 0.356 e. The Hall–Kier alpha value is -1.36. The summed E-state index contributed by atoms with van der Waals surface area (Å²) >= 11 is 3.38. The van der Waals surface area contributed by atoms with Crippen molar-refractivity contribution in [3.05, 3.63) is 28.7 Å². The molecule has 0 unspecified atom stereocenters. The first kappa shape index (κ1) is 16.0. The lowest BCUT2D eigenvalue weighted by molar-refractivity contribution is -0.126. The van der Waals surface area contributed by atoms with E-state index in [0.29, 0.717) is 25.4 Å². The van der Waals surface area contributed by atoms with Crippen LogP contribution in [0, 0.1) is 11.8 Å².